The van der Waals surface area contributed by atoms with Crippen LogP contribution in [-0.4, -0.2) is 44.4 Å². The van der Waals surface area contributed by atoms with Crippen molar-refractivity contribution in [2.75, 3.05) is 19.8 Å². The van der Waals surface area contributed by atoms with E-state index >= 15 is 0 Å². The molecule has 0 aliphatic heterocycles. The van der Waals surface area contributed by atoms with Crippen molar-refractivity contribution in [3.63, 3.8) is 0 Å². The first-order chi connectivity index (χ1) is 19.0. The third kappa shape index (κ3) is 6.18. The normalized spacial score (nSPS) is 37.8. The van der Waals surface area contributed by atoms with Crippen LogP contribution in [-0.2, 0) is 23.8 Å². The van der Waals surface area contributed by atoms with E-state index in [2.05, 4.69) is 26.1 Å². The zero-order chi connectivity index (χ0) is 29.1. The standard InChI is InChI=1S/C33H55NO6/c1-7-31(3,4)29(36)39-19-17-34-30(37)40-24-12-15-32(5)23(20-24)8-9-25-27-11-10-26(22(2)14-18-38-21-35)33(27,6)16-13-28(25)32/h21-28H,7-20H2,1-6H3,(H,34,37)/t22?,23?,24-,25?,26?,27?,28?,32?,33?/m1/s1. The molecule has 0 heterocycles. The molecule has 4 fully saturated rings. The molecule has 0 saturated heterocycles. The number of hydrogen-bond acceptors (Lipinski definition) is 6. The zero-order valence-corrected chi connectivity index (χ0v) is 26.0. The largest absolute Gasteiger partial charge is 0.468 e. The first-order valence-electron chi connectivity index (χ1n) is 16.1. The summed E-state index contributed by atoms with van der Waals surface area (Å²) in [4.78, 5) is 35.2. The molecule has 0 aromatic rings. The molecule has 8 unspecified atom stereocenters. The average molecular weight is 562 g/mol. The maximum Gasteiger partial charge on any atom is 0.407 e. The minimum atomic E-state index is -0.504. The third-order valence-electron chi connectivity index (χ3n) is 12.5. The van der Waals surface area contributed by atoms with Crippen molar-refractivity contribution in [1.82, 2.24) is 5.32 Å². The Morgan fingerprint density at radius 3 is 2.45 bits per heavy atom. The highest BCUT2D eigenvalue weighted by atomic mass is 16.6. The Hall–Kier alpha value is -1.79. The molecule has 7 heteroatoms. The molecule has 7 nitrogen and oxygen atoms in total. The van der Waals surface area contributed by atoms with Crippen LogP contribution in [0, 0.1) is 51.8 Å². The number of nitrogens with one attached hydrogen (secondary N) is 1. The Labute approximate surface area is 242 Å². The van der Waals surface area contributed by atoms with E-state index in [9.17, 15) is 14.4 Å². The summed E-state index contributed by atoms with van der Waals surface area (Å²) >= 11 is 0. The number of alkyl carbamates (subject to hydrolysis) is 1. The van der Waals surface area contributed by atoms with Crippen LogP contribution in [0.25, 0.3) is 0 Å². The smallest absolute Gasteiger partial charge is 0.407 e. The van der Waals surface area contributed by atoms with Crippen molar-refractivity contribution in [2.45, 2.75) is 118 Å². The fourth-order valence-corrected chi connectivity index (χ4v) is 9.63. The van der Waals surface area contributed by atoms with E-state index in [4.69, 9.17) is 14.2 Å². The maximum absolute atomic E-state index is 12.5. The van der Waals surface area contributed by atoms with Crippen LogP contribution >= 0.6 is 0 Å². The van der Waals surface area contributed by atoms with Gasteiger partial charge in [0.25, 0.3) is 6.47 Å². The van der Waals surface area contributed by atoms with Gasteiger partial charge in [-0.15, -0.1) is 0 Å². The molecular formula is C33H55NO6. The molecule has 0 spiro atoms. The van der Waals surface area contributed by atoms with E-state index in [0.29, 0.717) is 42.2 Å². The number of carbonyl (C=O) groups is 3. The predicted octanol–water partition coefficient (Wildman–Crippen LogP) is 6.92. The fraction of sp³-hybridized carbons (Fsp3) is 0.909. The van der Waals surface area contributed by atoms with Crippen molar-refractivity contribution in [2.24, 2.45) is 51.8 Å². The molecule has 0 bridgehead atoms. The third-order valence-corrected chi connectivity index (χ3v) is 12.5. The predicted molar refractivity (Wildman–Crippen MR) is 154 cm³/mol. The average Bonchev–Trinajstić information content (AvgIpc) is 3.28. The Morgan fingerprint density at radius 1 is 1.00 bits per heavy atom. The number of fused-ring (bicyclic) bond motifs is 5. The summed E-state index contributed by atoms with van der Waals surface area (Å²) in [5.41, 5.74) is 0.239. The first-order valence-corrected chi connectivity index (χ1v) is 16.1. The number of hydrogen-bond donors (Lipinski definition) is 1. The first kappa shape index (κ1) is 31.2. The highest BCUT2D eigenvalue weighted by molar-refractivity contribution is 5.75. The van der Waals surface area contributed by atoms with Gasteiger partial charge in [-0.1, -0.05) is 27.7 Å². The van der Waals surface area contributed by atoms with Gasteiger partial charge in [0, 0.05) is 0 Å². The fourth-order valence-electron chi connectivity index (χ4n) is 9.63. The highest BCUT2D eigenvalue weighted by Gasteiger charge is 2.60. The summed E-state index contributed by atoms with van der Waals surface area (Å²) in [7, 11) is 0. The lowest BCUT2D eigenvalue weighted by atomic mass is 9.44. The van der Waals surface area contributed by atoms with Crippen molar-refractivity contribution in [1.29, 1.82) is 0 Å². The Kier molecular flexibility index (Phi) is 9.82. The molecule has 4 aliphatic rings. The molecule has 0 aromatic heterocycles. The van der Waals surface area contributed by atoms with Gasteiger partial charge in [0.05, 0.1) is 18.6 Å². The van der Waals surface area contributed by atoms with Crippen LogP contribution in [0.5, 0.6) is 0 Å². The topological polar surface area (TPSA) is 90.9 Å². The number of rotatable bonds is 11. The van der Waals surface area contributed by atoms with Crippen LogP contribution in [0.3, 0.4) is 0 Å². The van der Waals surface area contributed by atoms with Crippen molar-refractivity contribution in [3.8, 4) is 0 Å². The van der Waals surface area contributed by atoms with Gasteiger partial charge in [-0.05, 0) is 131 Å². The lowest BCUT2D eigenvalue weighted by Crippen LogP contribution is -2.54. The van der Waals surface area contributed by atoms with Crippen molar-refractivity contribution in [3.05, 3.63) is 0 Å². The van der Waals surface area contributed by atoms with Crippen LogP contribution < -0.4 is 5.32 Å². The van der Waals surface area contributed by atoms with Gasteiger partial charge < -0.3 is 19.5 Å². The van der Waals surface area contributed by atoms with Gasteiger partial charge in [0.15, 0.2) is 0 Å². The number of amides is 1. The highest BCUT2D eigenvalue weighted by Crippen LogP contribution is 2.68. The molecule has 0 aromatic carbocycles. The number of esters is 1. The summed E-state index contributed by atoms with van der Waals surface area (Å²) < 4.78 is 16.2. The molecule has 40 heavy (non-hydrogen) atoms. The second-order valence-electron chi connectivity index (χ2n) is 14.7. The Bertz CT molecular complexity index is 905. The van der Waals surface area contributed by atoms with E-state index in [1.54, 1.807) is 0 Å². The minimum absolute atomic E-state index is 0.0321. The van der Waals surface area contributed by atoms with Gasteiger partial charge in [-0.25, -0.2) is 4.79 Å². The van der Waals surface area contributed by atoms with Crippen LogP contribution in [0.2, 0.25) is 0 Å². The number of ether oxygens (including phenoxy) is 3. The van der Waals surface area contributed by atoms with Crippen molar-refractivity contribution >= 4 is 18.5 Å². The number of carbonyl (C=O) groups excluding carboxylic acids is 3. The molecule has 1 amide bonds. The van der Waals surface area contributed by atoms with Crippen LogP contribution in [0.1, 0.15) is 112 Å². The molecule has 9 atom stereocenters. The van der Waals surface area contributed by atoms with Gasteiger partial charge in [-0.3, -0.25) is 9.59 Å². The molecule has 4 aliphatic carbocycles. The molecular weight excluding hydrogens is 506 g/mol. The molecule has 228 valence electrons. The quantitative estimate of drug-likeness (QED) is 0.127. The van der Waals surface area contributed by atoms with E-state index in [0.717, 1.165) is 49.4 Å². The summed E-state index contributed by atoms with van der Waals surface area (Å²) in [6.45, 7) is 14.7. The van der Waals surface area contributed by atoms with E-state index < -0.39 is 11.5 Å². The Balaban J connectivity index is 1.27. The second kappa shape index (κ2) is 12.6. The maximum atomic E-state index is 12.5. The van der Waals surface area contributed by atoms with Gasteiger partial charge in [0.1, 0.15) is 12.7 Å². The van der Waals surface area contributed by atoms with E-state index in [1.165, 1.54) is 38.5 Å². The monoisotopic (exact) mass is 561 g/mol. The van der Waals surface area contributed by atoms with Crippen LogP contribution in [0.15, 0.2) is 0 Å². The van der Waals surface area contributed by atoms with Crippen molar-refractivity contribution < 1.29 is 28.6 Å². The SMILES string of the molecule is CCC(C)(C)C(=O)OCCNC(=O)O[C@@H]1CCC2(C)C(CCC3C2CCC2(C)C(C(C)CCOC=O)CCC32)C1. The molecule has 4 rings (SSSR count). The minimum Gasteiger partial charge on any atom is -0.468 e. The van der Waals surface area contributed by atoms with Gasteiger partial charge >= 0.3 is 12.1 Å². The van der Waals surface area contributed by atoms with E-state index in [-0.39, 0.29) is 25.2 Å². The van der Waals surface area contributed by atoms with Crippen LogP contribution in [0.4, 0.5) is 4.79 Å². The lowest BCUT2D eigenvalue weighted by molar-refractivity contribution is -0.153. The molecule has 4 saturated carbocycles. The summed E-state index contributed by atoms with van der Waals surface area (Å²) in [5.74, 6) is 4.08. The summed E-state index contributed by atoms with van der Waals surface area (Å²) in [6, 6.07) is 0. The second-order valence-corrected chi connectivity index (χ2v) is 14.7. The van der Waals surface area contributed by atoms with E-state index in [1.807, 2.05) is 20.8 Å². The van der Waals surface area contributed by atoms with Gasteiger partial charge in [-0.2, -0.15) is 0 Å². The summed E-state index contributed by atoms with van der Waals surface area (Å²) in [6.07, 6.45) is 12.1. The van der Waals surface area contributed by atoms with Gasteiger partial charge in [0.2, 0.25) is 0 Å². The zero-order valence-electron chi connectivity index (χ0n) is 26.0. The molecule has 1 N–H and O–H groups in total. The molecule has 0 radical (unpaired) electrons. The summed E-state index contributed by atoms with van der Waals surface area (Å²) in [5, 5.41) is 2.78. The Morgan fingerprint density at radius 2 is 1.73 bits per heavy atom. The lowest BCUT2D eigenvalue weighted by Gasteiger charge is -2.61.